The number of hydrogen-bond donors (Lipinski definition) is 4. The first-order chi connectivity index (χ1) is 9.09. The topological polar surface area (TPSA) is 99.9 Å². The maximum Gasteiger partial charge on any atom is 0.389 e. The molecular formula is C10H18F5N5. The van der Waals surface area contributed by atoms with Crippen molar-refractivity contribution in [3.8, 4) is 6.07 Å². The van der Waals surface area contributed by atoms with E-state index in [1.54, 1.807) is 5.43 Å². The maximum atomic E-state index is 13.3. The van der Waals surface area contributed by atoms with Gasteiger partial charge in [0.2, 0.25) is 0 Å². The Kier molecular flexibility index (Phi) is 7.88. The van der Waals surface area contributed by atoms with Crippen molar-refractivity contribution in [2.45, 2.75) is 50.0 Å². The molecule has 0 heterocycles. The van der Waals surface area contributed by atoms with Gasteiger partial charge in [-0.3, -0.25) is 0 Å². The zero-order valence-corrected chi connectivity index (χ0v) is 10.7. The van der Waals surface area contributed by atoms with Crippen LogP contribution < -0.4 is 22.3 Å². The van der Waals surface area contributed by atoms with Gasteiger partial charge >= 0.3 is 12.2 Å². The van der Waals surface area contributed by atoms with Gasteiger partial charge in [0.05, 0.1) is 6.07 Å². The molecule has 0 saturated heterocycles. The fourth-order valence-corrected chi connectivity index (χ4v) is 1.22. The lowest BCUT2D eigenvalue weighted by atomic mass is 10.1. The quantitative estimate of drug-likeness (QED) is 0.289. The average molecular weight is 303 g/mol. The molecule has 0 bridgehead atoms. The second-order valence-corrected chi connectivity index (χ2v) is 4.34. The smallest absolute Gasteiger partial charge is 0.329 e. The van der Waals surface area contributed by atoms with Crippen molar-refractivity contribution in [2.24, 2.45) is 11.5 Å². The third-order valence-electron chi connectivity index (χ3n) is 2.43. The highest BCUT2D eigenvalue weighted by molar-refractivity contribution is 4.89. The van der Waals surface area contributed by atoms with Gasteiger partial charge in [-0.1, -0.05) is 0 Å². The fourth-order valence-electron chi connectivity index (χ4n) is 1.22. The van der Waals surface area contributed by atoms with Crippen LogP contribution in [0.15, 0.2) is 0 Å². The van der Waals surface area contributed by atoms with Crippen molar-refractivity contribution in [1.29, 1.82) is 5.26 Å². The molecule has 0 aromatic heterocycles. The van der Waals surface area contributed by atoms with E-state index >= 15 is 0 Å². The molecule has 0 aliphatic rings. The first-order valence-electron chi connectivity index (χ1n) is 5.92. The predicted octanol–water partition coefficient (Wildman–Crippen LogP) is 0.974. The number of alkyl halides is 5. The van der Waals surface area contributed by atoms with Crippen LogP contribution in [0.1, 0.15) is 25.7 Å². The molecule has 0 rings (SSSR count). The molecule has 0 aromatic rings. The van der Waals surface area contributed by atoms with Crippen LogP contribution in [-0.4, -0.2) is 30.9 Å². The van der Waals surface area contributed by atoms with Gasteiger partial charge in [-0.2, -0.15) is 32.6 Å². The molecule has 2 atom stereocenters. The van der Waals surface area contributed by atoms with Gasteiger partial charge < -0.3 is 11.5 Å². The summed E-state index contributed by atoms with van der Waals surface area (Å²) in [6.07, 6.45) is -6.99. The minimum absolute atomic E-state index is 0.0515. The van der Waals surface area contributed by atoms with E-state index in [0.29, 0.717) is 0 Å². The van der Waals surface area contributed by atoms with E-state index in [-0.39, 0.29) is 13.0 Å². The zero-order valence-electron chi connectivity index (χ0n) is 10.7. The van der Waals surface area contributed by atoms with Gasteiger partial charge in [0.25, 0.3) is 0 Å². The molecule has 5 nitrogen and oxygen atoms in total. The van der Waals surface area contributed by atoms with Gasteiger partial charge in [0.15, 0.2) is 0 Å². The number of nitriles is 1. The summed E-state index contributed by atoms with van der Waals surface area (Å²) in [6, 6.07) is -3.87. The number of hydrazine groups is 1. The van der Waals surface area contributed by atoms with Crippen molar-refractivity contribution in [3.63, 3.8) is 0 Å². The molecule has 2 unspecified atom stereocenters. The van der Waals surface area contributed by atoms with E-state index in [1.807, 2.05) is 5.43 Å². The third-order valence-corrected chi connectivity index (χ3v) is 2.43. The Labute approximate surface area is 113 Å². The highest BCUT2D eigenvalue weighted by Gasteiger charge is 2.31. The Bertz CT molecular complexity index is 314. The normalized spacial score (nSPS) is 15.7. The number of hydrogen-bond acceptors (Lipinski definition) is 5. The molecule has 10 heteroatoms. The van der Waals surface area contributed by atoms with Crippen molar-refractivity contribution in [2.75, 3.05) is 6.54 Å². The van der Waals surface area contributed by atoms with Crippen molar-refractivity contribution in [3.05, 3.63) is 0 Å². The lowest BCUT2D eigenvalue weighted by Gasteiger charge is -2.22. The summed E-state index contributed by atoms with van der Waals surface area (Å²) in [5, 5.41) is 8.57. The standard InChI is InChI=1S/C10H18F5N5/c11-9(12,13)3-2-8(6-17)19-20-10(14,15)4-1-7(18)5-16/h7-8,19-20H,1-5,16,18H2. The lowest BCUT2D eigenvalue weighted by Crippen LogP contribution is -2.51. The summed E-state index contributed by atoms with van der Waals surface area (Å²) in [5.41, 5.74) is 14.0. The zero-order chi connectivity index (χ0) is 15.8. The van der Waals surface area contributed by atoms with E-state index in [9.17, 15) is 22.0 Å². The molecular weight excluding hydrogens is 285 g/mol. The van der Waals surface area contributed by atoms with Crippen LogP contribution in [-0.2, 0) is 0 Å². The Morgan fingerprint density at radius 3 is 2.15 bits per heavy atom. The van der Waals surface area contributed by atoms with Gasteiger partial charge in [0.1, 0.15) is 6.04 Å². The molecule has 0 fully saturated rings. The summed E-state index contributed by atoms with van der Waals surface area (Å²) in [7, 11) is 0. The molecule has 0 aliphatic carbocycles. The molecule has 0 radical (unpaired) electrons. The van der Waals surface area contributed by atoms with E-state index < -0.39 is 43.6 Å². The second-order valence-electron chi connectivity index (χ2n) is 4.34. The lowest BCUT2D eigenvalue weighted by molar-refractivity contribution is -0.136. The molecule has 0 amide bonds. The van der Waals surface area contributed by atoms with E-state index in [1.165, 1.54) is 6.07 Å². The summed E-state index contributed by atoms with van der Waals surface area (Å²) in [4.78, 5) is 0. The fraction of sp³-hybridized carbons (Fsp3) is 0.900. The SMILES string of the molecule is N#CC(CCC(F)(F)F)NNC(F)(F)CCC(N)CN. The van der Waals surface area contributed by atoms with E-state index in [0.717, 1.165) is 0 Å². The first-order valence-corrected chi connectivity index (χ1v) is 5.92. The summed E-state index contributed by atoms with van der Waals surface area (Å²) < 4.78 is 62.4. The van der Waals surface area contributed by atoms with Gasteiger partial charge in [0, 0.05) is 25.4 Å². The Hall–Kier alpha value is -1.02. The summed E-state index contributed by atoms with van der Waals surface area (Å²) >= 11 is 0. The minimum atomic E-state index is -4.44. The van der Waals surface area contributed by atoms with Gasteiger partial charge in [-0.15, -0.1) is 0 Å². The number of nitrogens with two attached hydrogens (primary N) is 2. The highest BCUT2D eigenvalue weighted by atomic mass is 19.4. The van der Waals surface area contributed by atoms with Crippen molar-refractivity contribution in [1.82, 2.24) is 10.9 Å². The molecule has 0 saturated carbocycles. The third kappa shape index (κ3) is 9.85. The molecule has 118 valence electrons. The highest BCUT2D eigenvalue weighted by Crippen LogP contribution is 2.22. The first kappa shape index (κ1) is 19.0. The van der Waals surface area contributed by atoms with E-state index in [2.05, 4.69) is 0 Å². The number of rotatable bonds is 9. The van der Waals surface area contributed by atoms with Crippen LogP contribution >= 0.6 is 0 Å². The van der Waals surface area contributed by atoms with Gasteiger partial charge in [-0.05, 0) is 12.8 Å². The van der Waals surface area contributed by atoms with Crippen LogP contribution in [0.4, 0.5) is 22.0 Å². The van der Waals surface area contributed by atoms with Crippen LogP contribution in [0.2, 0.25) is 0 Å². The number of halogens is 5. The molecule has 0 aliphatic heterocycles. The van der Waals surface area contributed by atoms with Crippen LogP contribution in [0.25, 0.3) is 0 Å². The number of nitrogens with one attached hydrogen (secondary N) is 2. The van der Waals surface area contributed by atoms with E-state index in [4.69, 9.17) is 16.7 Å². The van der Waals surface area contributed by atoms with Crippen LogP contribution in [0.3, 0.4) is 0 Å². The maximum absolute atomic E-state index is 13.3. The van der Waals surface area contributed by atoms with Gasteiger partial charge in [-0.25, -0.2) is 5.43 Å². The van der Waals surface area contributed by atoms with Crippen molar-refractivity contribution < 1.29 is 22.0 Å². The van der Waals surface area contributed by atoms with Crippen LogP contribution in [0.5, 0.6) is 0 Å². The van der Waals surface area contributed by atoms with Crippen molar-refractivity contribution >= 4 is 0 Å². The molecule has 0 aromatic carbocycles. The Morgan fingerprint density at radius 1 is 1.10 bits per heavy atom. The molecule has 20 heavy (non-hydrogen) atoms. The summed E-state index contributed by atoms with van der Waals surface area (Å²) in [5.74, 6) is 0. The minimum Gasteiger partial charge on any atom is -0.329 e. The largest absolute Gasteiger partial charge is 0.389 e. The number of nitrogens with zero attached hydrogens (tertiary/aromatic N) is 1. The molecule has 0 spiro atoms. The Balaban J connectivity index is 4.11. The summed E-state index contributed by atoms with van der Waals surface area (Å²) in [6.45, 7) is 0.0515. The average Bonchev–Trinajstić information content (AvgIpc) is 2.35. The van der Waals surface area contributed by atoms with Crippen LogP contribution in [0, 0.1) is 11.3 Å². The Morgan fingerprint density at radius 2 is 1.70 bits per heavy atom. The predicted molar refractivity (Wildman–Crippen MR) is 62.2 cm³/mol. The second kappa shape index (κ2) is 8.31. The molecule has 6 N–H and O–H groups in total. The monoisotopic (exact) mass is 303 g/mol.